The van der Waals surface area contributed by atoms with E-state index in [1.54, 1.807) is 12.1 Å². The molecule has 0 aliphatic carbocycles. The maximum absolute atomic E-state index is 10.7. The Morgan fingerprint density at radius 2 is 1.82 bits per heavy atom. The fraction of sp³-hybridized carbons (Fsp3) is 0.417. The molecule has 0 radical (unpaired) electrons. The van der Waals surface area contributed by atoms with E-state index < -0.39 is 5.97 Å². The number of carboxylic acid groups (broad SMARTS) is 1. The lowest BCUT2D eigenvalue weighted by atomic mass is 10.1. The molecule has 5 nitrogen and oxygen atoms in total. The zero-order chi connectivity index (χ0) is 12.8. The Morgan fingerprint density at radius 3 is 2.29 bits per heavy atom. The van der Waals surface area contributed by atoms with E-state index in [9.17, 15) is 4.79 Å². The first-order valence-corrected chi connectivity index (χ1v) is 5.21. The van der Waals surface area contributed by atoms with Crippen molar-refractivity contribution in [3.8, 4) is 17.2 Å². The molecule has 0 saturated carbocycles. The smallest absolute Gasteiger partial charge is 0.307 e. The fourth-order valence-electron chi connectivity index (χ4n) is 1.50. The van der Waals surface area contributed by atoms with Gasteiger partial charge in [-0.15, -0.1) is 0 Å². The third-order valence-corrected chi connectivity index (χ3v) is 2.21. The Balaban J connectivity index is 3.18. The van der Waals surface area contributed by atoms with E-state index in [1.165, 1.54) is 14.2 Å². The summed E-state index contributed by atoms with van der Waals surface area (Å²) in [5.74, 6) is 0.605. The Bertz CT molecular complexity index is 400. The highest BCUT2D eigenvalue weighted by Gasteiger charge is 2.14. The molecule has 0 amide bonds. The molecular weight excluding hydrogens is 224 g/mol. The van der Waals surface area contributed by atoms with Crippen LogP contribution in [0.3, 0.4) is 0 Å². The zero-order valence-electron chi connectivity index (χ0n) is 10.1. The average molecular weight is 240 g/mol. The van der Waals surface area contributed by atoms with Crippen LogP contribution in [0.4, 0.5) is 0 Å². The Labute approximate surface area is 99.9 Å². The van der Waals surface area contributed by atoms with Gasteiger partial charge in [-0.1, -0.05) is 0 Å². The normalized spacial score (nSPS) is 9.82. The van der Waals surface area contributed by atoms with Crippen LogP contribution in [0.1, 0.15) is 12.5 Å². The molecule has 17 heavy (non-hydrogen) atoms. The topological polar surface area (TPSA) is 65.0 Å². The second-order valence-electron chi connectivity index (χ2n) is 3.32. The van der Waals surface area contributed by atoms with Crippen molar-refractivity contribution in [1.29, 1.82) is 0 Å². The fourth-order valence-corrected chi connectivity index (χ4v) is 1.50. The second-order valence-corrected chi connectivity index (χ2v) is 3.32. The first-order chi connectivity index (χ1) is 8.12. The maximum atomic E-state index is 10.7. The first-order valence-electron chi connectivity index (χ1n) is 5.21. The molecule has 0 fully saturated rings. The van der Waals surface area contributed by atoms with E-state index in [2.05, 4.69) is 0 Å². The van der Waals surface area contributed by atoms with Crippen molar-refractivity contribution in [3.05, 3.63) is 17.7 Å². The van der Waals surface area contributed by atoms with E-state index in [4.69, 9.17) is 19.3 Å². The molecule has 0 bridgehead atoms. The quantitative estimate of drug-likeness (QED) is 0.820. The highest BCUT2D eigenvalue weighted by Crippen LogP contribution is 2.35. The SMILES string of the molecule is CCOc1cc(CC(=O)O)c(OC)cc1OC. The van der Waals surface area contributed by atoms with Crippen LogP contribution in [0.2, 0.25) is 0 Å². The van der Waals surface area contributed by atoms with Crippen molar-refractivity contribution < 1.29 is 24.1 Å². The van der Waals surface area contributed by atoms with Gasteiger partial charge in [0.15, 0.2) is 11.5 Å². The third kappa shape index (κ3) is 3.27. The predicted octanol–water partition coefficient (Wildman–Crippen LogP) is 1.73. The van der Waals surface area contributed by atoms with Crippen molar-refractivity contribution in [3.63, 3.8) is 0 Å². The van der Waals surface area contributed by atoms with E-state index in [1.807, 2.05) is 6.92 Å². The lowest BCUT2D eigenvalue weighted by Gasteiger charge is -2.14. The van der Waals surface area contributed by atoms with Crippen LogP contribution in [-0.4, -0.2) is 31.9 Å². The summed E-state index contributed by atoms with van der Waals surface area (Å²) >= 11 is 0. The molecule has 0 atom stereocenters. The number of methoxy groups -OCH3 is 2. The van der Waals surface area contributed by atoms with Gasteiger partial charge in [-0.2, -0.15) is 0 Å². The molecule has 1 N–H and O–H groups in total. The van der Waals surface area contributed by atoms with Crippen LogP contribution in [0, 0.1) is 0 Å². The highest BCUT2D eigenvalue weighted by atomic mass is 16.5. The monoisotopic (exact) mass is 240 g/mol. The molecule has 0 spiro atoms. The molecule has 1 aromatic carbocycles. The van der Waals surface area contributed by atoms with E-state index in [-0.39, 0.29) is 6.42 Å². The summed E-state index contributed by atoms with van der Waals surface area (Å²) in [7, 11) is 3.01. The number of carboxylic acids is 1. The molecule has 1 aromatic rings. The van der Waals surface area contributed by atoms with Crippen LogP contribution >= 0.6 is 0 Å². The molecule has 94 valence electrons. The first kappa shape index (κ1) is 13.2. The number of hydrogen-bond donors (Lipinski definition) is 1. The van der Waals surface area contributed by atoms with Gasteiger partial charge in [-0.05, 0) is 13.0 Å². The maximum Gasteiger partial charge on any atom is 0.307 e. The highest BCUT2D eigenvalue weighted by molar-refractivity contribution is 5.72. The van der Waals surface area contributed by atoms with Crippen molar-refractivity contribution in [1.82, 2.24) is 0 Å². The molecule has 0 aliphatic heterocycles. The number of benzene rings is 1. The minimum atomic E-state index is -0.920. The molecule has 5 heteroatoms. The Hall–Kier alpha value is -1.91. The molecule has 0 aliphatic rings. The number of ether oxygens (including phenoxy) is 3. The molecule has 1 rings (SSSR count). The second kappa shape index (κ2) is 5.98. The minimum Gasteiger partial charge on any atom is -0.496 e. The summed E-state index contributed by atoms with van der Waals surface area (Å²) in [5, 5.41) is 8.81. The molecule has 0 unspecified atom stereocenters. The molecular formula is C12H16O5. The van der Waals surface area contributed by atoms with Crippen LogP contribution in [0.15, 0.2) is 12.1 Å². The summed E-state index contributed by atoms with van der Waals surface area (Å²) in [6, 6.07) is 3.26. The third-order valence-electron chi connectivity index (χ3n) is 2.21. The van der Waals surface area contributed by atoms with Gasteiger partial charge in [0.25, 0.3) is 0 Å². The summed E-state index contributed by atoms with van der Waals surface area (Å²) in [4.78, 5) is 10.7. The predicted molar refractivity (Wildman–Crippen MR) is 62.1 cm³/mol. The summed E-state index contributed by atoms with van der Waals surface area (Å²) in [5.41, 5.74) is 0.559. The number of rotatable bonds is 6. The van der Waals surface area contributed by atoms with Gasteiger partial charge >= 0.3 is 5.97 Å². The average Bonchev–Trinajstić information content (AvgIpc) is 2.29. The largest absolute Gasteiger partial charge is 0.496 e. The van der Waals surface area contributed by atoms with Gasteiger partial charge in [0.05, 0.1) is 27.2 Å². The van der Waals surface area contributed by atoms with E-state index >= 15 is 0 Å². The number of carbonyl (C=O) groups is 1. The zero-order valence-corrected chi connectivity index (χ0v) is 10.1. The Kier molecular flexibility index (Phi) is 4.63. The van der Waals surface area contributed by atoms with Gasteiger partial charge in [0, 0.05) is 11.6 Å². The number of aliphatic carboxylic acids is 1. The summed E-state index contributed by atoms with van der Waals surface area (Å²) in [6.45, 7) is 2.33. The Morgan fingerprint density at radius 1 is 1.18 bits per heavy atom. The van der Waals surface area contributed by atoms with E-state index in [0.29, 0.717) is 29.4 Å². The van der Waals surface area contributed by atoms with Crippen molar-refractivity contribution >= 4 is 5.97 Å². The number of hydrogen-bond acceptors (Lipinski definition) is 4. The van der Waals surface area contributed by atoms with Crippen LogP contribution in [0.25, 0.3) is 0 Å². The van der Waals surface area contributed by atoms with Crippen molar-refractivity contribution in [2.75, 3.05) is 20.8 Å². The van der Waals surface area contributed by atoms with Gasteiger partial charge in [0.1, 0.15) is 5.75 Å². The lowest BCUT2D eigenvalue weighted by molar-refractivity contribution is -0.136. The van der Waals surface area contributed by atoms with Gasteiger partial charge in [0.2, 0.25) is 0 Å². The van der Waals surface area contributed by atoms with Crippen LogP contribution in [-0.2, 0) is 11.2 Å². The van der Waals surface area contributed by atoms with E-state index in [0.717, 1.165) is 0 Å². The van der Waals surface area contributed by atoms with Crippen molar-refractivity contribution in [2.24, 2.45) is 0 Å². The van der Waals surface area contributed by atoms with Crippen molar-refractivity contribution in [2.45, 2.75) is 13.3 Å². The minimum absolute atomic E-state index is 0.118. The molecule has 0 saturated heterocycles. The molecule has 0 aromatic heterocycles. The van der Waals surface area contributed by atoms with Crippen LogP contribution < -0.4 is 14.2 Å². The molecule has 0 heterocycles. The summed E-state index contributed by atoms with van der Waals surface area (Å²) < 4.78 is 15.6. The van der Waals surface area contributed by atoms with Gasteiger partial charge < -0.3 is 19.3 Å². The standard InChI is InChI=1S/C12H16O5/c1-4-17-11-5-8(6-12(13)14)9(15-2)7-10(11)16-3/h5,7H,4,6H2,1-3H3,(H,13,14). The van der Waals surface area contributed by atoms with Gasteiger partial charge in [-0.3, -0.25) is 4.79 Å². The van der Waals surface area contributed by atoms with Crippen LogP contribution in [0.5, 0.6) is 17.2 Å². The lowest BCUT2D eigenvalue weighted by Crippen LogP contribution is -2.04. The van der Waals surface area contributed by atoms with Gasteiger partial charge in [-0.25, -0.2) is 0 Å². The summed E-state index contributed by atoms with van der Waals surface area (Å²) in [6.07, 6.45) is -0.118.